The van der Waals surface area contributed by atoms with Crippen molar-refractivity contribution in [2.75, 3.05) is 7.11 Å². The predicted octanol–water partition coefficient (Wildman–Crippen LogP) is 3.96. The van der Waals surface area contributed by atoms with Crippen LogP contribution in [-0.4, -0.2) is 16.5 Å². The number of nitrogens with zero attached hydrogens (tertiary/aromatic N) is 2. The number of para-hydroxylation sites is 1. The van der Waals surface area contributed by atoms with Crippen molar-refractivity contribution < 1.29 is 4.74 Å². The van der Waals surface area contributed by atoms with Gasteiger partial charge in [0, 0.05) is 22.7 Å². The van der Waals surface area contributed by atoms with Gasteiger partial charge in [-0.05, 0) is 18.4 Å². The van der Waals surface area contributed by atoms with Gasteiger partial charge in [-0.1, -0.05) is 36.4 Å². The van der Waals surface area contributed by atoms with Crippen LogP contribution in [-0.2, 0) is 0 Å². The van der Waals surface area contributed by atoms with Gasteiger partial charge in [-0.3, -0.25) is 4.40 Å². The van der Waals surface area contributed by atoms with Crippen molar-refractivity contribution in [1.29, 1.82) is 0 Å². The molecular formula is C17H14N2O. The van der Waals surface area contributed by atoms with Crippen LogP contribution in [0.15, 0.2) is 48.7 Å². The number of benzene rings is 2. The van der Waals surface area contributed by atoms with Crippen LogP contribution in [0, 0.1) is 6.92 Å². The van der Waals surface area contributed by atoms with Gasteiger partial charge in [0.15, 0.2) is 0 Å². The van der Waals surface area contributed by atoms with E-state index in [1.54, 1.807) is 7.11 Å². The smallest absolute Gasteiger partial charge is 0.145 e. The maximum atomic E-state index is 5.56. The fraction of sp³-hybridized carbons (Fsp3) is 0.118. The molecule has 0 amide bonds. The fourth-order valence-electron chi connectivity index (χ4n) is 2.96. The van der Waals surface area contributed by atoms with Crippen LogP contribution in [0.1, 0.15) is 5.69 Å². The fourth-order valence-corrected chi connectivity index (χ4v) is 2.96. The van der Waals surface area contributed by atoms with Gasteiger partial charge in [-0.2, -0.15) is 0 Å². The molecule has 0 radical (unpaired) electrons. The molecule has 0 aliphatic heterocycles. The zero-order chi connectivity index (χ0) is 13.7. The van der Waals surface area contributed by atoms with Crippen LogP contribution in [0.4, 0.5) is 0 Å². The molecule has 3 heteroatoms. The SMILES string of the molecule is COc1cccc2c3ccccc3c3ncc(C)n3c12. The highest BCUT2D eigenvalue weighted by molar-refractivity contribution is 6.13. The Labute approximate surface area is 116 Å². The van der Waals surface area contributed by atoms with Crippen LogP contribution in [0.3, 0.4) is 0 Å². The highest BCUT2D eigenvalue weighted by Crippen LogP contribution is 2.34. The van der Waals surface area contributed by atoms with Gasteiger partial charge in [-0.25, -0.2) is 4.98 Å². The van der Waals surface area contributed by atoms with Crippen LogP contribution in [0.5, 0.6) is 5.75 Å². The molecule has 2 aromatic heterocycles. The van der Waals surface area contributed by atoms with Gasteiger partial charge in [0.05, 0.1) is 12.6 Å². The molecule has 0 N–H and O–H groups in total. The molecular weight excluding hydrogens is 248 g/mol. The van der Waals surface area contributed by atoms with E-state index >= 15 is 0 Å². The number of hydrogen-bond donors (Lipinski definition) is 0. The third-order valence-electron chi connectivity index (χ3n) is 3.84. The normalized spacial score (nSPS) is 11.5. The standard InChI is InChI=1S/C17H14N2O/c1-11-10-18-17-14-7-4-3-6-12(14)13-8-5-9-15(20-2)16(13)19(11)17/h3-10H,1-2H3. The largest absolute Gasteiger partial charge is 0.495 e. The Morgan fingerprint density at radius 2 is 1.70 bits per heavy atom. The van der Waals surface area contributed by atoms with Crippen LogP contribution in [0.25, 0.3) is 27.3 Å². The number of fused-ring (bicyclic) bond motifs is 6. The topological polar surface area (TPSA) is 26.5 Å². The Bertz CT molecular complexity index is 953. The lowest BCUT2D eigenvalue weighted by atomic mass is 10.1. The van der Waals surface area contributed by atoms with E-state index in [0.717, 1.165) is 22.6 Å². The van der Waals surface area contributed by atoms with Gasteiger partial charge in [0.1, 0.15) is 11.4 Å². The number of pyridine rings is 1. The zero-order valence-electron chi connectivity index (χ0n) is 11.4. The number of aromatic nitrogens is 2. The number of aryl methyl sites for hydroxylation is 1. The molecule has 0 atom stereocenters. The summed E-state index contributed by atoms with van der Waals surface area (Å²) in [6.07, 6.45) is 1.91. The molecule has 20 heavy (non-hydrogen) atoms. The van der Waals surface area contributed by atoms with Crippen molar-refractivity contribution in [1.82, 2.24) is 9.38 Å². The van der Waals surface area contributed by atoms with Crippen molar-refractivity contribution in [3.8, 4) is 5.75 Å². The lowest BCUT2D eigenvalue weighted by molar-refractivity contribution is 0.418. The molecule has 3 nitrogen and oxygen atoms in total. The quantitative estimate of drug-likeness (QED) is 0.485. The molecule has 0 aliphatic carbocycles. The van der Waals surface area contributed by atoms with Crippen LogP contribution >= 0.6 is 0 Å². The Morgan fingerprint density at radius 3 is 2.50 bits per heavy atom. The molecule has 0 unspecified atom stereocenters. The lowest BCUT2D eigenvalue weighted by Gasteiger charge is -2.12. The molecule has 0 bridgehead atoms. The average molecular weight is 262 g/mol. The van der Waals surface area contributed by atoms with E-state index in [-0.39, 0.29) is 0 Å². The number of ether oxygens (including phenoxy) is 1. The second kappa shape index (κ2) is 3.97. The molecule has 0 spiro atoms. The van der Waals surface area contributed by atoms with Crippen molar-refractivity contribution >= 4 is 27.3 Å². The number of rotatable bonds is 1. The summed E-state index contributed by atoms with van der Waals surface area (Å²) in [5, 5.41) is 3.56. The monoisotopic (exact) mass is 262 g/mol. The summed E-state index contributed by atoms with van der Waals surface area (Å²) in [7, 11) is 1.71. The van der Waals surface area contributed by atoms with E-state index in [1.807, 2.05) is 18.3 Å². The van der Waals surface area contributed by atoms with Gasteiger partial charge in [-0.15, -0.1) is 0 Å². The first-order chi connectivity index (χ1) is 9.81. The molecule has 0 saturated heterocycles. The minimum Gasteiger partial charge on any atom is -0.495 e. The summed E-state index contributed by atoms with van der Waals surface area (Å²) in [4.78, 5) is 4.58. The minimum atomic E-state index is 0.874. The third kappa shape index (κ3) is 1.32. The molecule has 98 valence electrons. The van der Waals surface area contributed by atoms with Crippen molar-refractivity contribution in [3.63, 3.8) is 0 Å². The Kier molecular flexibility index (Phi) is 2.24. The maximum Gasteiger partial charge on any atom is 0.145 e. The second-order valence-electron chi connectivity index (χ2n) is 4.96. The summed E-state index contributed by atoms with van der Waals surface area (Å²) in [5.74, 6) is 0.874. The van der Waals surface area contributed by atoms with E-state index in [9.17, 15) is 0 Å². The average Bonchev–Trinajstić information content (AvgIpc) is 2.89. The van der Waals surface area contributed by atoms with Gasteiger partial charge in [0.2, 0.25) is 0 Å². The predicted molar refractivity (Wildman–Crippen MR) is 81.5 cm³/mol. The zero-order valence-corrected chi connectivity index (χ0v) is 11.4. The molecule has 0 saturated carbocycles. The number of imidazole rings is 1. The van der Waals surface area contributed by atoms with E-state index in [2.05, 4.69) is 46.6 Å². The summed E-state index contributed by atoms with van der Waals surface area (Å²) < 4.78 is 7.74. The molecule has 0 aliphatic rings. The highest BCUT2D eigenvalue weighted by atomic mass is 16.5. The molecule has 4 aromatic rings. The number of methoxy groups -OCH3 is 1. The van der Waals surface area contributed by atoms with Crippen LogP contribution < -0.4 is 4.74 Å². The Balaban J connectivity index is 2.44. The summed E-state index contributed by atoms with van der Waals surface area (Å²) in [5.41, 5.74) is 3.18. The van der Waals surface area contributed by atoms with Crippen molar-refractivity contribution in [2.24, 2.45) is 0 Å². The third-order valence-corrected chi connectivity index (χ3v) is 3.84. The van der Waals surface area contributed by atoms with Gasteiger partial charge >= 0.3 is 0 Å². The van der Waals surface area contributed by atoms with E-state index < -0.39 is 0 Å². The van der Waals surface area contributed by atoms with Gasteiger partial charge in [0.25, 0.3) is 0 Å². The molecule has 2 heterocycles. The van der Waals surface area contributed by atoms with Crippen molar-refractivity contribution in [2.45, 2.75) is 6.92 Å². The first kappa shape index (κ1) is 11.3. The minimum absolute atomic E-state index is 0.874. The van der Waals surface area contributed by atoms with E-state index in [0.29, 0.717) is 0 Å². The summed E-state index contributed by atoms with van der Waals surface area (Å²) in [6.45, 7) is 2.07. The second-order valence-corrected chi connectivity index (χ2v) is 4.96. The van der Waals surface area contributed by atoms with E-state index in [1.165, 1.54) is 16.2 Å². The van der Waals surface area contributed by atoms with Gasteiger partial charge < -0.3 is 4.74 Å². The highest BCUT2D eigenvalue weighted by Gasteiger charge is 2.13. The summed E-state index contributed by atoms with van der Waals surface area (Å²) >= 11 is 0. The van der Waals surface area contributed by atoms with E-state index in [4.69, 9.17) is 4.74 Å². The van der Waals surface area contributed by atoms with Crippen molar-refractivity contribution in [3.05, 3.63) is 54.4 Å². The lowest BCUT2D eigenvalue weighted by Crippen LogP contribution is -1.96. The first-order valence-corrected chi connectivity index (χ1v) is 6.63. The Morgan fingerprint density at radius 1 is 0.950 bits per heavy atom. The summed E-state index contributed by atoms with van der Waals surface area (Å²) in [6, 6.07) is 14.5. The molecule has 2 aromatic carbocycles. The maximum absolute atomic E-state index is 5.56. The molecule has 4 rings (SSSR count). The number of hydrogen-bond acceptors (Lipinski definition) is 2. The molecule has 0 fully saturated rings. The van der Waals surface area contributed by atoms with Crippen LogP contribution in [0.2, 0.25) is 0 Å². The Hall–Kier alpha value is -2.55. The first-order valence-electron chi connectivity index (χ1n) is 6.63.